The summed E-state index contributed by atoms with van der Waals surface area (Å²) in [4.78, 5) is 25.0. The van der Waals surface area contributed by atoms with Crippen LogP contribution in [0.2, 0.25) is 0 Å². The number of nitrogens with two attached hydrogens (primary N) is 1. The molecule has 5 heteroatoms. The predicted octanol–water partition coefficient (Wildman–Crippen LogP) is 5.57. The van der Waals surface area contributed by atoms with E-state index in [0.717, 1.165) is 40.8 Å². The molecule has 1 aliphatic carbocycles. The van der Waals surface area contributed by atoms with Crippen LogP contribution in [-0.2, 0) is 22.0 Å². The zero-order valence-corrected chi connectivity index (χ0v) is 19.8. The van der Waals surface area contributed by atoms with Gasteiger partial charge < -0.3 is 15.2 Å². The van der Waals surface area contributed by atoms with Gasteiger partial charge in [-0.3, -0.25) is 9.59 Å². The first kappa shape index (κ1) is 22.2. The third-order valence-electron chi connectivity index (χ3n) is 6.95. The van der Waals surface area contributed by atoms with E-state index in [1.54, 1.807) is 12.1 Å². The van der Waals surface area contributed by atoms with Crippen molar-refractivity contribution in [2.45, 2.75) is 50.9 Å². The lowest BCUT2D eigenvalue weighted by Gasteiger charge is -2.24. The van der Waals surface area contributed by atoms with Crippen LogP contribution in [-0.4, -0.2) is 18.5 Å². The number of amides is 1. The molecule has 1 amide bonds. The Labute approximate surface area is 201 Å². The van der Waals surface area contributed by atoms with E-state index in [4.69, 9.17) is 15.2 Å². The molecule has 176 valence electrons. The highest BCUT2D eigenvalue weighted by Gasteiger charge is 2.50. The second kappa shape index (κ2) is 8.01. The fourth-order valence-corrected chi connectivity index (χ4v) is 4.81. The lowest BCUT2D eigenvalue weighted by atomic mass is 9.80. The normalized spacial score (nSPS) is 15.7. The Hall–Kier alpha value is -3.60. The Morgan fingerprint density at radius 1 is 0.941 bits per heavy atom. The lowest BCUT2D eigenvalue weighted by molar-refractivity contribution is -0.120. The number of hydrogen-bond donors (Lipinski definition) is 1. The highest BCUT2D eigenvalue weighted by Crippen LogP contribution is 2.51. The molecule has 3 aromatic carbocycles. The van der Waals surface area contributed by atoms with E-state index in [-0.39, 0.29) is 19.4 Å². The highest BCUT2D eigenvalue weighted by molar-refractivity contribution is 5.95. The molecule has 0 radical (unpaired) electrons. The van der Waals surface area contributed by atoms with Crippen molar-refractivity contribution in [3.63, 3.8) is 0 Å². The van der Waals surface area contributed by atoms with E-state index >= 15 is 0 Å². The van der Waals surface area contributed by atoms with Crippen LogP contribution in [0.3, 0.4) is 0 Å². The van der Waals surface area contributed by atoms with Crippen molar-refractivity contribution in [3.05, 3.63) is 82.9 Å². The van der Waals surface area contributed by atoms with Crippen LogP contribution in [0.4, 0.5) is 0 Å². The number of benzene rings is 3. The van der Waals surface area contributed by atoms with Gasteiger partial charge in [0.2, 0.25) is 12.7 Å². The molecular weight excluding hydrogens is 426 g/mol. The van der Waals surface area contributed by atoms with Crippen molar-refractivity contribution < 1.29 is 20.5 Å². The van der Waals surface area contributed by atoms with Crippen LogP contribution < -0.4 is 15.2 Å². The van der Waals surface area contributed by atoms with Crippen LogP contribution in [0.5, 0.6) is 11.5 Å². The fraction of sp³-hybridized carbons (Fsp3) is 0.310. The quantitative estimate of drug-likeness (QED) is 0.525. The topological polar surface area (TPSA) is 78.6 Å². The van der Waals surface area contributed by atoms with Gasteiger partial charge in [0, 0.05) is 13.4 Å². The fourth-order valence-electron chi connectivity index (χ4n) is 4.81. The van der Waals surface area contributed by atoms with Gasteiger partial charge >= 0.3 is 0 Å². The van der Waals surface area contributed by atoms with E-state index in [1.807, 2.05) is 30.3 Å². The molecule has 0 saturated heterocycles. The van der Waals surface area contributed by atoms with Gasteiger partial charge in [0.05, 0.1) is 5.41 Å². The lowest BCUT2D eigenvalue weighted by Crippen LogP contribution is -2.22. The Balaban J connectivity index is 0.00000289. The third kappa shape index (κ3) is 3.96. The van der Waals surface area contributed by atoms with E-state index < -0.39 is 11.3 Å². The molecule has 1 fully saturated rings. The first-order valence-corrected chi connectivity index (χ1v) is 11.6. The summed E-state index contributed by atoms with van der Waals surface area (Å²) in [6.07, 6.45) is 2.07. The Morgan fingerprint density at radius 3 is 2.29 bits per heavy atom. The highest BCUT2D eigenvalue weighted by atomic mass is 16.7. The summed E-state index contributed by atoms with van der Waals surface area (Å²) >= 11 is 0. The SMILES string of the molecule is CC(C)(C)c1ccc(CC(=O)C2(c3ccc4c(c3)OCO4)CC2)cc1-c1ccc(C(N)=O)cc1.[HH]. The van der Waals surface area contributed by atoms with Crippen LogP contribution >= 0.6 is 0 Å². The molecule has 1 saturated carbocycles. The number of rotatable bonds is 6. The number of ketones is 1. The summed E-state index contributed by atoms with van der Waals surface area (Å²) in [5.41, 5.74) is 10.6. The molecule has 0 bridgehead atoms. The molecule has 5 nitrogen and oxygen atoms in total. The maximum absolute atomic E-state index is 13.5. The van der Waals surface area contributed by atoms with Crippen molar-refractivity contribution in [3.8, 4) is 22.6 Å². The van der Waals surface area contributed by atoms with Gasteiger partial charge in [0.25, 0.3) is 0 Å². The number of Topliss-reactive ketones (excluding diaryl/α,β-unsaturated/α-hetero) is 1. The second-order valence-electron chi connectivity index (χ2n) is 10.3. The van der Waals surface area contributed by atoms with Crippen molar-refractivity contribution in [2.24, 2.45) is 5.73 Å². The molecule has 0 atom stereocenters. The summed E-state index contributed by atoms with van der Waals surface area (Å²) in [6, 6.07) is 19.5. The average Bonchev–Trinajstić information content (AvgIpc) is 3.49. The van der Waals surface area contributed by atoms with Gasteiger partial charge in [-0.15, -0.1) is 0 Å². The van der Waals surface area contributed by atoms with E-state index in [1.165, 1.54) is 5.56 Å². The Kier molecular flexibility index (Phi) is 5.23. The predicted molar refractivity (Wildman–Crippen MR) is 133 cm³/mol. The number of carbonyl (C=O) groups excluding carboxylic acids is 2. The molecule has 34 heavy (non-hydrogen) atoms. The van der Waals surface area contributed by atoms with Gasteiger partial charge in [0.1, 0.15) is 5.78 Å². The van der Waals surface area contributed by atoms with Gasteiger partial charge in [-0.25, -0.2) is 0 Å². The van der Waals surface area contributed by atoms with E-state index in [2.05, 4.69) is 39.0 Å². The summed E-state index contributed by atoms with van der Waals surface area (Å²) in [5, 5.41) is 0. The van der Waals surface area contributed by atoms with Gasteiger partial charge in [-0.1, -0.05) is 57.2 Å². The smallest absolute Gasteiger partial charge is 0.248 e. The molecule has 5 rings (SSSR count). The molecule has 3 aromatic rings. The largest absolute Gasteiger partial charge is 0.454 e. The molecule has 0 aromatic heterocycles. The molecule has 0 spiro atoms. The van der Waals surface area contributed by atoms with Crippen LogP contribution in [0.1, 0.15) is 62.1 Å². The molecule has 2 aliphatic rings. The Morgan fingerprint density at radius 2 is 1.65 bits per heavy atom. The van der Waals surface area contributed by atoms with Crippen molar-refractivity contribution in [1.82, 2.24) is 0 Å². The minimum atomic E-state index is -0.444. The minimum Gasteiger partial charge on any atom is -0.454 e. The van der Waals surface area contributed by atoms with Gasteiger partial charge in [-0.2, -0.15) is 0 Å². The first-order valence-electron chi connectivity index (χ1n) is 11.6. The van der Waals surface area contributed by atoms with Crippen molar-refractivity contribution in [2.75, 3.05) is 6.79 Å². The molecule has 1 aliphatic heterocycles. The number of primary amides is 1. The zero-order valence-electron chi connectivity index (χ0n) is 19.8. The summed E-state index contributed by atoms with van der Waals surface area (Å²) in [7, 11) is 0. The maximum Gasteiger partial charge on any atom is 0.248 e. The third-order valence-corrected chi connectivity index (χ3v) is 6.95. The van der Waals surface area contributed by atoms with Crippen LogP contribution in [0.15, 0.2) is 60.7 Å². The standard InChI is InChI=1S/C29H29NO4.H2/c1-28(2,3)23-10-4-18(14-22(23)19-5-7-20(8-6-19)27(30)32)15-26(31)29(12-13-29)21-9-11-24-25(16-21)34-17-33-24;/h4-11,14,16H,12-13,15,17H2,1-3H3,(H2,30,32);1H. The number of hydrogen-bond acceptors (Lipinski definition) is 4. The van der Waals surface area contributed by atoms with Crippen molar-refractivity contribution in [1.29, 1.82) is 0 Å². The monoisotopic (exact) mass is 457 g/mol. The summed E-state index contributed by atoms with van der Waals surface area (Å²) in [5.74, 6) is 1.23. The van der Waals surface area contributed by atoms with Gasteiger partial charge in [-0.05, 0) is 70.3 Å². The minimum absolute atomic E-state index is 0. The number of fused-ring (bicyclic) bond motifs is 1. The maximum atomic E-state index is 13.5. The molecular formula is C29H31NO4. The van der Waals surface area contributed by atoms with Crippen molar-refractivity contribution >= 4 is 11.7 Å². The first-order chi connectivity index (χ1) is 16.2. The summed E-state index contributed by atoms with van der Waals surface area (Å²) in [6.45, 7) is 6.75. The molecule has 1 heterocycles. The second-order valence-corrected chi connectivity index (χ2v) is 10.3. The van der Waals surface area contributed by atoms with Crippen LogP contribution in [0.25, 0.3) is 11.1 Å². The Bertz CT molecular complexity index is 1290. The average molecular weight is 458 g/mol. The van der Waals surface area contributed by atoms with Crippen LogP contribution in [0, 0.1) is 0 Å². The zero-order chi connectivity index (χ0) is 24.1. The molecule has 0 unspecified atom stereocenters. The molecule has 2 N–H and O–H groups in total. The number of ether oxygens (including phenoxy) is 2. The summed E-state index contributed by atoms with van der Waals surface area (Å²) < 4.78 is 11.0. The number of carbonyl (C=O) groups is 2. The van der Waals surface area contributed by atoms with E-state index in [9.17, 15) is 9.59 Å². The van der Waals surface area contributed by atoms with E-state index in [0.29, 0.717) is 17.7 Å². The van der Waals surface area contributed by atoms with Gasteiger partial charge in [0.15, 0.2) is 11.5 Å².